The minimum atomic E-state index is 0.705. The largest absolute Gasteiger partial charge is 0.122 e. The van der Waals surface area contributed by atoms with Crippen LogP contribution >= 0.6 is 11.8 Å². The molecule has 0 fully saturated rings. The molecule has 170 valence electrons. The van der Waals surface area contributed by atoms with E-state index in [0.717, 1.165) is 0 Å². The average Bonchev–Trinajstić information content (AvgIpc) is 2.86. The Balaban J connectivity index is 1.22. The third-order valence-corrected chi connectivity index (χ3v) is 9.87. The van der Waals surface area contributed by atoms with Gasteiger partial charge in [0.2, 0.25) is 0 Å². The molecule has 0 saturated carbocycles. The molecule has 3 aromatic rings. The molecule has 0 spiro atoms. The molecule has 0 aromatic heterocycles. The first kappa shape index (κ1) is 21.5. The van der Waals surface area contributed by atoms with Gasteiger partial charge in [-0.2, -0.15) is 0 Å². The van der Waals surface area contributed by atoms with E-state index in [1.54, 1.807) is 38.3 Å². The van der Waals surface area contributed by atoms with Crippen molar-refractivity contribution in [2.45, 2.75) is 94.1 Å². The van der Waals surface area contributed by atoms with Gasteiger partial charge in [0, 0.05) is 10.1 Å². The molecule has 2 atom stereocenters. The van der Waals surface area contributed by atoms with E-state index in [4.69, 9.17) is 0 Å². The molecular formula is C32H36S. The number of thioether (sulfide) groups is 1. The lowest BCUT2D eigenvalue weighted by molar-refractivity contribution is 0.590. The lowest BCUT2D eigenvalue weighted by atomic mass is 9.82. The van der Waals surface area contributed by atoms with Crippen molar-refractivity contribution in [2.75, 3.05) is 0 Å². The summed E-state index contributed by atoms with van der Waals surface area (Å²) in [5, 5.41) is 0.710. The summed E-state index contributed by atoms with van der Waals surface area (Å²) in [7, 11) is 0. The minimum absolute atomic E-state index is 0.705. The van der Waals surface area contributed by atoms with E-state index in [9.17, 15) is 0 Å². The number of hydrogen-bond acceptors (Lipinski definition) is 1. The van der Waals surface area contributed by atoms with Gasteiger partial charge in [-0.05, 0) is 133 Å². The Morgan fingerprint density at radius 3 is 2.36 bits per heavy atom. The summed E-state index contributed by atoms with van der Waals surface area (Å²) in [6.45, 7) is 4.70. The molecule has 2 unspecified atom stereocenters. The maximum Gasteiger partial charge on any atom is 0.0138 e. The predicted molar refractivity (Wildman–Crippen MR) is 143 cm³/mol. The van der Waals surface area contributed by atoms with Crippen molar-refractivity contribution in [3.05, 3.63) is 87.5 Å². The smallest absolute Gasteiger partial charge is 0.0138 e. The van der Waals surface area contributed by atoms with Crippen LogP contribution in [0.4, 0.5) is 0 Å². The van der Waals surface area contributed by atoms with Gasteiger partial charge in [0.05, 0.1) is 0 Å². The highest BCUT2D eigenvalue weighted by Gasteiger charge is 2.23. The number of hydrogen-bond donors (Lipinski definition) is 0. The standard InChI is InChI=1S/C32H36S/c1-21-6-5-7-23-11-12-27(20-31(21)23)24-13-14-26-19-28(16-15-25(26)18-24)33-32-17-10-22(2)29-8-3-4-9-30(29)32/h10-14,17-18,20-21,28H,3-9,15-16,19H2,1-2H3. The van der Waals surface area contributed by atoms with Crippen LogP contribution in [0.3, 0.4) is 0 Å². The van der Waals surface area contributed by atoms with E-state index in [0.29, 0.717) is 11.2 Å². The molecule has 0 bridgehead atoms. The molecule has 6 rings (SSSR count). The molecule has 3 aliphatic rings. The van der Waals surface area contributed by atoms with Crippen LogP contribution in [0, 0.1) is 6.92 Å². The van der Waals surface area contributed by atoms with E-state index in [1.807, 2.05) is 0 Å². The second-order valence-corrected chi connectivity index (χ2v) is 12.1. The van der Waals surface area contributed by atoms with Crippen molar-refractivity contribution in [1.29, 1.82) is 0 Å². The summed E-state index contributed by atoms with van der Waals surface area (Å²) >= 11 is 2.17. The van der Waals surface area contributed by atoms with Crippen LogP contribution < -0.4 is 0 Å². The second-order valence-electron chi connectivity index (χ2n) is 10.7. The van der Waals surface area contributed by atoms with E-state index in [2.05, 4.69) is 74.1 Å². The number of rotatable bonds is 3. The molecule has 0 saturated heterocycles. The van der Waals surface area contributed by atoms with Gasteiger partial charge < -0.3 is 0 Å². The molecule has 0 amide bonds. The van der Waals surface area contributed by atoms with Crippen LogP contribution in [0.2, 0.25) is 0 Å². The second kappa shape index (κ2) is 8.99. The maximum absolute atomic E-state index is 2.50. The van der Waals surface area contributed by atoms with E-state index < -0.39 is 0 Å². The van der Waals surface area contributed by atoms with Gasteiger partial charge in [0.1, 0.15) is 0 Å². The van der Waals surface area contributed by atoms with E-state index in [1.165, 1.54) is 80.9 Å². The van der Waals surface area contributed by atoms with Gasteiger partial charge in [0.25, 0.3) is 0 Å². The summed E-state index contributed by atoms with van der Waals surface area (Å²) in [4.78, 5) is 1.57. The first-order chi connectivity index (χ1) is 16.2. The summed E-state index contributed by atoms with van der Waals surface area (Å²) in [6, 6.07) is 19.4. The highest BCUT2D eigenvalue weighted by Crippen LogP contribution is 2.40. The van der Waals surface area contributed by atoms with Crippen LogP contribution in [0.25, 0.3) is 11.1 Å². The first-order valence-electron chi connectivity index (χ1n) is 13.2. The maximum atomic E-state index is 2.50. The number of fused-ring (bicyclic) bond motifs is 3. The Hall–Kier alpha value is -1.99. The Bertz CT molecular complexity index is 1190. The zero-order valence-electron chi connectivity index (χ0n) is 20.3. The van der Waals surface area contributed by atoms with Crippen LogP contribution in [-0.2, 0) is 32.1 Å². The highest BCUT2D eigenvalue weighted by molar-refractivity contribution is 8.00. The van der Waals surface area contributed by atoms with Crippen LogP contribution in [-0.4, -0.2) is 5.25 Å². The normalized spacial score (nSPS) is 21.8. The Labute approximate surface area is 204 Å². The fourth-order valence-corrected chi connectivity index (χ4v) is 7.89. The van der Waals surface area contributed by atoms with Crippen molar-refractivity contribution in [3.63, 3.8) is 0 Å². The van der Waals surface area contributed by atoms with Gasteiger partial charge in [-0.25, -0.2) is 0 Å². The number of benzene rings is 3. The molecule has 1 heteroatoms. The fourth-order valence-electron chi connectivity index (χ4n) is 6.52. The van der Waals surface area contributed by atoms with Crippen LogP contribution in [0.1, 0.15) is 83.9 Å². The average molecular weight is 453 g/mol. The van der Waals surface area contributed by atoms with Gasteiger partial charge >= 0.3 is 0 Å². The molecule has 0 heterocycles. The lowest BCUT2D eigenvalue weighted by Crippen LogP contribution is -2.17. The zero-order valence-corrected chi connectivity index (χ0v) is 21.1. The summed E-state index contributed by atoms with van der Waals surface area (Å²) in [6.07, 6.45) is 13.0. The Morgan fingerprint density at radius 1 is 0.697 bits per heavy atom. The van der Waals surface area contributed by atoms with Gasteiger partial charge in [-0.1, -0.05) is 49.4 Å². The summed E-state index contributed by atoms with van der Waals surface area (Å²) in [5.74, 6) is 0.705. The molecule has 33 heavy (non-hydrogen) atoms. The summed E-state index contributed by atoms with van der Waals surface area (Å²) in [5.41, 5.74) is 14.0. The topological polar surface area (TPSA) is 0 Å². The van der Waals surface area contributed by atoms with E-state index in [-0.39, 0.29) is 0 Å². The Morgan fingerprint density at radius 2 is 1.48 bits per heavy atom. The van der Waals surface area contributed by atoms with Crippen molar-refractivity contribution >= 4 is 11.8 Å². The van der Waals surface area contributed by atoms with Crippen molar-refractivity contribution in [3.8, 4) is 11.1 Å². The monoisotopic (exact) mass is 452 g/mol. The highest BCUT2D eigenvalue weighted by atomic mass is 32.2. The van der Waals surface area contributed by atoms with Crippen molar-refractivity contribution in [1.82, 2.24) is 0 Å². The van der Waals surface area contributed by atoms with Gasteiger partial charge in [-0.3, -0.25) is 0 Å². The lowest BCUT2D eigenvalue weighted by Gasteiger charge is -2.28. The van der Waals surface area contributed by atoms with Crippen molar-refractivity contribution < 1.29 is 0 Å². The van der Waals surface area contributed by atoms with Crippen LogP contribution in [0.15, 0.2) is 53.4 Å². The number of aryl methyl sites for hydroxylation is 3. The fraction of sp³-hybridized carbons (Fsp3) is 0.438. The Kier molecular flexibility index (Phi) is 5.87. The molecular weight excluding hydrogens is 416 g/mol. The molecule has 0 radical (unpaired) electrons. The minimum Gasteiger partial charge on any atom is -0.122 e. The van der Waals surface area contributed by atoms with Crippen molar-refractivity contribution in [2.24, 2.45) is 0 Å². The molecule has 3 aliphatic carbocycles. The van der Waals surface area contributed by atoms with Crippen LogP contribution in [0.5, 0.6) is 0 Å². The van der Waals surface area contributed by atoms with Gasteiger partial charge in [-0.15, -0.1) is 11.8 Å². The zero-order chi connectivity index (χ0) is 22.4. The van der Waals surface area contributed by atoms with E-state index >= 15 is 0 Å². The molecule has 3 aromatic carbocycles. The first-order valence-corrected chi connectivity index (χ1v) is 14.1. The molecule has 0 N–H and O–H groups in total. The predicted octanol–water partition coefficient (Wildman–Crippen LogP) is 8.63. The molecule has 0 nitrogen and oxygen atoms in total. The third-order valence-electron chi connectivity index (χ3n) is 8.50. The third kappa shape index (κ3) is 4.18. The summed E-state index contributed by atoms with van der Waals surface area (Å²) < 4.78 is 0. The molecule has 0 aliphatic heterocycles. The SMILES string of the molecule is Cc1ccc(SC2CCc3cc(-c4ccc5c(c4)C(C)CCC5)ccc3C2)c2c1CCCC2. The quantitative estimate of drug-likeness (QED) is 0.383. The van der Waals surface area contributed by atoms with Gasteiger partial charge in [0.15, 0.2) is 0 Å².